The minimum Gasteiger partial charge on any atom is -0.388 e. The molecule has 0 bridgehead atoms. The van der Waals surface area contributed by atoms with E-state index in [1.165, 1.54) is 0 Å². The van der Waals surface area contributed by atoms with Gasteiger partial charge in [-0.1, -0.05) is 0 Å². The molecule has 0 unspecified atom stereocenters. The normalized spacial score (nSPS) is 15.9. The van der Waals surface area contributed by atoms with Gasteiger partial charge in [0.05, 0.1) is 13.2 Å². The Hall–Kier alpha value is -1.38. The van der Waals surface area contributed by atoms with Gasteiger partial charge >= 0.3 is 47.9 Å². The van der Waals surface area contributed by atoms with E-state index in [4.69, 9.17) is 5.11 Å². The predicted molar refractivity (Wildman–Crippen MR) is 69.4 cm³/mol. The van der Waals surface area contributed by atoms with Gasteiger partial charge in [0.25, 0.3) is 0 Å². The van der Waals surface area contributed by atoms with Crippen LogP contribution < -0.4 is 0 Å². The van der Waals surface area contributed by atoms with Crippen LogP contribution >= 0.6 is 0 Å². The molecule has 0 aliphatic heterocycles. The molecular formula is C13H10F18O3. The number of rotatable bonds is 12. The molecule has 0 saturated heterocycles. The first-order valence-corrected chi connectivity index (χ1v) is 7.84. The summed E-state index contributed by atoms with van der Waals surface area (Å²) in [4.78, 5) is 0. The molecule has 0 rings (SSSR count). The summed E-state index contributed by atoms with van der Waals surface area (Å²) < 4.78 is 233. The first-order chi connectivity index (χ1) is 14.6. The third kappa shape index (κ3) is 6.05. The molecule has 21 heteroatoms. The summed E-state index contributed by atoms with van der Waals surface area (Å²) in [5, 5.41) is 9.06. The van der Waals surface area contributed by atoms with E-state index in [0.29, 0.717) is 0 Å². The van der Waals surface area contributed by atoms with Crippen LogP contribution in [-0.2, 0) is 9.47 Å². The zero-order chi connectivity index (χ0) is 27.8. The monoisotopic (exact) mass is 556 g/mol. The van der Waals surface area contributed by atoms with Gasteiger partial charge in [-0.2, -0.15) is 79.0 Å². The zero-order valence-electron chi connectivity index (χ0n) is 15.5. The van der Waals surface area contributed by atoms with Crippen LogP contribution in [0.5, 0.6) is 0 Å². The van der Waals surface area contributed by atoms with Crippen molar-refractivity contribution in [3.8, 4) is 0 Å². The van der Waals surface area contributed by atoms with Gasteiger partial charge in [-0.3, -0.25) is 0 Å². The summed E-state index contributed by atoms with van der Waals surface area (Å²) in [7, 11) is 0. The van der Waals surface area contributed by atoms with Gasteiger partial charge in [0.1, 0.15) is 19.3 Å². The van der Waals surface area contributed by atoms with E-state index in [2.05, 4.69) is 9.47 Å². The number of ether oxygens (including phenoxy) is 2. The molecule has 1 N–H and O–H groups in total. The fraction of sp³-hybridized carbons (Fsp3) is 1.00. The lowest BCUT2D eigenvalue weighted by molar-refractivity contribution is -0.400. The minimum absolute atomic E-state index is 1.80. The first kappa shape index (κ1) is 32.6. The summed E-state index contributed by atoms with van der Waals surface area (Å²) in [6.07, 6.45) is -16.9. The molecule has 0 heterocycles. The van der Waals surface area contributed by atoms with Crippen molar-refractivity contribution in [1.82, 2.24) is 0 Å². The van der Waals surface area contributed by atoms with Crippen molar-refractivity contribution < 1.29 is 93.6 Å². The summed E-state index contributed by atoms with van der Waals surface area (Å²) in [6, 6.07) is 0. The van der Waals surface area contributed by atoms with Crippen LogP contribution in [0.3, 0.4) is 0 Å². The Morgan fingerprint density at radius 3 is 0.882 bits per heavy atom. The molecule has 0 aliphatic carbocycles. The number of halogens is 18. The van der Waals surface area contributed by atoms with E-state index in [1.54, 1.807) is 0 Å². The van der Waals surface area contributed by atoms with Crippen LogP contribution in [0.2, 0.25) is 0 Å². The molecule has 0 aromatic rings. The van der Waals surface area contributed by atoms with Crippen molar-refractivity contribution >= 4 is 0 Å². The smallest absolute Gasteiger partial charge is 0.388 e. The quantitative estimate of drug-likeness (QED) is 0.331. The maximum absolute atomic E-state index is 13.1. The SMILES string of the molecule is OC(COCC(F)(F)C(F)(F)C(F)(F)C(F)(F)F)COCC(F)(F)C(F)(F)C(F)(F)C(F)(F)F. The molecule has 34 heavy (non-hydrogen) atoms. The molecule has 0 saturated carbocycles. The molecule has 0 spiro atoms. The average Bonchev–Trinajstić information content (AvgIpc) is 2.58. The lowest BCUT2D eigenvalue weighted by Crippen LogP contribution is -2.62. The summed E-state index contributed by atoms with van der Waals surface area (Å²) >= 11 is 0. The number of alkyl halides is 18. The van der Waals surface area contributed by atoms with Crippen molar-refractivity contribution in [2.75, 3.05) is 26.4 Å². The number of aliphatic hydroxyl groups is 1. The van der Waals surface area contributed by atoms with Crippen LogP contribution in [0.4, 0.5) is 79.0 Å². The Labute approximate surface area is 175 Å². The van der Waals surface area contributed by atoms with Crippen LogP contribution in [0, 0.1) is 0 Å². The topological polar surface area (TPSA) is 38.7 Å². The summed E-state index contributed by atoms with van der Waals surface area (Å²) in [6.45, 7) is -9.50. The van der Waals surface area contributed by atoms with Gasteiger partial charge in [-0.15, -0.1) is 0 Å². The second-order valence-corrected chi connectivity index (χ2v) is 6.39. The number of aliphatic hydroxyl groups excluding tert-OH is 1. The standard InChI is InChI=1S/C13H10F18O3/c14-6(15,8(18,19)10(22,23)12(26,27)28)3-33-1-5(32)2-34-4-7(16,17)9(20,21)11(24,25)13(29,30)31/h5,32H,1-4H2. The fourth-order valence-electron chi connectivity index (χ4n) is 1.69. The van der Waals surface area contributed by atoms with Crippen LogP contribution in [-0.4, -0.2) is 85.5 Å². The molecule has 0 aliphatic rings. The first-order valence-electron chi connectivity index (χ1n) is 7.84. The maximum Gasteiger partial charge on any atom is 0.460 e. The molecule has 0 atom stereocenters. The third-order valence-corrected chi connectivity index (χ3v) is 3.61. The molecule has 206 valence electrons. The highest BCUT2D eigenvalue weighted by Gasteiger charge is 2.82. The highest BCUT2D eigenvalue weighted by Crippen LogP contribution is 2.54. The highest BCUT2D eigenvalue weighted by atomic mass is 19.4. The maximum atomic E-state index is 13.1. The number of hydrogen-bond acceptors (Lipinski definition) is 3. The molecule has 0 aromatic carbocycles. The van der Waals surface area contributed by atoms with Crippen molar-refractivity contribution in [2.45, 2.75) is 54.0 Å². The van der Waals surface area contributed by atoms with Crippen molar-refractivity contribution in [1.29, 1.82) is 0 Å². The van der Waals surface area contributed by atoms with Gasteiger partial charge in [0, 0.05) is 0 Å². The molecule has 0 amide bonds. The number of hydrogen-bond donors (Lipinski definition) is 1. The van der Waals surface area contributed by atoms with Gasteiger partial charge < -0.3 is 14.6 Å². The lowest BCUT2D eigenvalue weighted by atomic mass is 10.0. The van der Waals surface area contributed by atoms with E-state index in [-0.39, 0.29) is 0 Å². The molecular weight excluding hydrogens is 546 g/mol. The Morgan fingerprint density at radius 1 is 0.441 bits per heavy atom. The van der Waals surface area contributed by atoms with Crippen LogP contribution in [0.25, 0.3) is 0 Å². The van der Waals surface area contributed by atoms with Gasteiger partial charge in [-0.25, -0.2) is 0 Å². The molecule has 0 radical (unpaired) electrons. The van der Waals surface area contributed by atoms with E-state index >= 15 is 0 Å². The largest absolute Gasteiger partial charge is 0.460 e. The fourth-order valence-corrected chi connectivity index (χ4v) is 1.69. The van der Waals surface area contributed by atoms with Crippen LogP contribution in [0.1, 0.15) is 0 Å². The lowest BCUT2D eigenvalue weighted by Gasteiger charge is -2.33. The molecule has 0 aromatic heterocycles. The Bertz CT molecular complexity index is 611. The van der Waals surface area contributed by atoms with E-state index in [1.807, 2.05) is 0 Å². The minimum atomic E-state index is -7.27. The Morgan fingerprint density at radius 2 is 0.676 bits per heavy atom. The summed E-state index contributed by atoms with van der Waals surface area (Å²) in [5.74, 6) is -41.3. The highest BCUT2D eigenvalue weighted by molar-refractivity contribution is 5.01. The zero-order valence-corrected chi connectivity index (χ0v) is 15.5. The third-order valence-electron chi connectivity index (χ3n) is 3.61. The van der Waals surface area contributed by atoms with Crippen molar-refractivity contribution in [3.05, 3.63) is 0 Å². The van der Waals surface area contributed by atoms with Gasteiger partial charge in [-0.05, 0) is 0 Å². The van der Waals surface area contributed by atoms with Crippen molar-refractivity contribution in [2.24, 2.45) is 0 Å². The summed E-state index contributed by atoms with van der Waals surface area (Å²) in [5.41, 5.74) is 0. The van der Waals surface area contributed by atoms with Gasteiger partial charge in [0.2, 0.25) is 0 Å². The molecule has 3 nitrogen and oxygen atoms in total. The van der Waals surface area contributed by atoms with E-state index in [9.17, 15) is 79.0 Å². The second kappa shape index (κ2) is 9.58. The van der Waals surface area contributed by atoms with Crippen molar-refractivity contribution in [3.63, 3.8) is 0 Å². The Kier molecular flexibility index (Phi) is 9.19. The second-order valence-electron chi connectivity index (χ2n) is 6.39. The van der Waals surface area contributed by atoms with E-state index < -0.39 is 80.4 Å². The van der Waals surface area contributed by atoms with E-state index in [0.717, 1.165) is 0 Å². The molecule has 0 fully saturated rings. The predicted octanol–water partition coefficient (Wildman–Crippen LogP) is 5.32. The Balaban J connectivity index is 4.96. The average molecular weight is 556 g/mol. The van der Waals surface area contributed by atoms with Crippen LogP contribution in [0.15, 0.2) is 0 Å². The van der Waals surface area contributed by atoms with Gasteiger partial charge in [0.15, 0.2) is 0 Å².